The number of hydrogen-bond acceptors (Lipinski definition) is 6. The summed E-state index contributed by atoms with van der Waals surface area (Å²) < 4.78 is 27.8. The lowest BCUT2D eigenvalue weighted by Crippen LogP contribution is -2.33. The molecule has 2 aliphatic heterocycles. The van der Waals surface area contributed by atoms with E-state index in [4.69, 9.17) is 0 Å². The Kier molecular flexibility index (Phi) is 5.96. The van der Waals surface area contributed by atoms with Gasteiger partial charge in [-0.1, -0.05) is 24.2 Å². The predicted octanol–water partition coefficient (Wildman–Crippen LogP) is 2.90. The lowest BCUT2D eigenvalue weighted by Gasteiger charge is -2.18. The molecule has 0 aliphatic carbocycles. The van der Waals surface area contributed by atoms with Gasteiger partial charge in [-0.2, -0.15) is 4.31 Å². The molecule has 152 valence electrons. The van der Waals surface area contributed by atoms with E-state index in [0.717, 1.165) is 43.5 Å². The van der Waals surface area contributed by atoms with Crippen LogP contribution in [0.4, 0.5) is 5.13 Å². The number of anilines is 1. The molecule has 1 N–H and O–H groups in total. The van der Waals surface area contributed by atoms with E-state index in [1.54, 1.807) is 22.5 Å². The molecule has 28 heavy (non-hydrogen) atoms. The molecule has 0 saturated carbocycles. The zero-order valence-corrected chi connectivity index (χ0v) is 17.5. The number of carbonyl (C=O) groups excluding carboxylic acids is 1. The van der Waals surface area contributed by atoms with Gasteiger partial charge in [-0.15, -0.1) is 0 Å². The van der Waals surface area contributed by atoms with Crippen LogP contribution in [-0.2, 0) is 14.8 Å². The number of thiazole rings is 1. The zero-order valence-electron chi connectivity index (χ0n) is 15.9. The number of likely N-dealkylation sites (tertiary alicyclic amines) is 1. The fraction of sp³-hybridized carbons (Fsp3) is 0.579. The minimum Gasteiger partial charge on any atom is -0.301 e. The van der Waals surface area contributed by atoms with Gasteiger partial charge in [0, 0.05) is 13.1 Å². The van der Waals surface area contributed by atoms with Gasteiger partial charge in [0.25, 0.3) is 0 Å². The molecule has 2 fully saturated rings. The highest BCUT2D eigenvalue weighted by molar-refractivity contribution is 7.89. The van der Waals surface area contributed by atoms with Gasteiger partial charge in [0.2, 0.25) is 15.9 Å². The zero-order chi connectivity index (χ0) is 19.6. The predicted molar refractivity (Wildman–Crippen MR) is 111 cm³/mol. The Labute approximate surface area is 169 Å². The maximum Gasteiger partial charge on any atom is 0.243 e. The van der Waals surface area contributed by atoms with Crippen LogP contribution in [0, 0.1) is 0 Å². The first-order valence-electron chi connectivity index (χ1n) is 9.95. The first kappa shape index (κ1) is 19.8. The Hall–Kier alpha value is -1.55. The number of hydrogen-bond donors (Lipinski definition) is 1. The quantitative estimate of drug-likeness (QED) is 0.801. The standard InChI is InChI=1S/C19H26N4O3S2/c24-18(14-22-9-3-1-2-4-10-22)21-19-20-16-8-7-15(13-17(16)27-19)28(25,26)23-11-5-6-12-23/h7-8,13H,1-6,9-12,14H2,(H,20,21,24). The smallest absolute Gasteiger partial charge is 0.243 e. The van der Waals surface area contributed by atoms with Crippen molar-refractivity contribution < 1.29 is 13.2 Å². The summed E-state index contributed by atoms with van der Waals surface area (Å²) in [5, 5.41) is 3.40. The van der Waals surface area contributed by atoms with Crippen molar-refractivity contribution in [3.8, 4) is 0 Å². The maximum atomic E-state index is 12.7. The second-order valence-electron chi connectivity index (χ2n) is 7.50. The van der Waals surface area contributed by atoms with Crippen molar-refractivity contribution in [3.63, 3.8) is 0 Å². The van der Waals surface area contributed by atoms with Gasteiger partial charge >= 0.3 is 0 Å². The van der Waals surface area contributed by atoms with Crippen LogP contribution in [0.3, 0.4) is 0 Å². The molecular formula is C19H26N4O3S2. The van der Waals surface area contributed by atoms with Gasteiger partial charge in [-0.05, 0) is 57.0 Å². The maximum absolute atomic E-state index is 12.7. The molecule has 0 unspecified atom stereocenters. The van der Waals surface area contributed by atoms with Gasteiger partial charge in [-0.3, -0.25) is 9.69 Å². The van der Waals surface area contributed by atoms with E-state index in [1.165, 1.54) is 24.2 Å². The molecule has 0 radical (unpaired) electrons. The molecule has 2 aromatic rings. The number of aromatic nitrogens is 1. The fourth-order valence-corrected chi connectivity index (χ4v) is 6.39. The highest BCUT2D eigenvalue weighted by Crippen LogP contribution is 2.30. The van der Waals surface area contributed by atoms with Crippen LogP contribution in [0.1, 0.15) is 38.5 Å². The van der Waals surface area contributed by atoms with Crippen LogP contribution in [0.5, 0.6) is 0 Å². The molecule has 1 aromatic carbocycles. The van der Waals surface area contributed by atoms with Crippen molar-refractivity contribution in [2.75, 3.05) is 38.0 Å². The van der Waals surface area contributed by atoms with E-state index in [2.05, 4.69) is 15.2 Å². The Bertz CT molecular complexity index is 943. The summed E-state index contributed by atoms with van der Waals surface area (Å²) in [7, 11) is -3.45. The minimum absolute atomic E-state index is 0.0640. The topological polar surface area (TPSA) is 82.6 Å². The van der Waals surface area contributed by atoms with Gasteiger partial charge in [-0.25, -0.2) is 13.4 Å². The van der Waals surface area contributed by atoms with E-state index in [1.807, 2.05) is 0 Å². The van der Waals surface area contributed by atoms with Crippen LogP contribution in [0.2, 0.25) is 0 Å². The van der Waals surface area contributed by atoms with Crippen molar-refractivity contribution in [1.29, 1.82) is 0 Å². The second-order valence-corrected chi connectivity index (χ2v) is 10.5. The molecule has 3 heterocycles. The Balaban J connectivity index is 1.46. The van der Waals surface area contributed by atoms with Crippen molar-refractivity contribution >= 4 is 42.6 Å². The monoisotopic (exact) mass is 422 g/mol. The number of nitrogens with zero attached hydrogens (tertiary/aromatic N) is 3. The minimum atomic E-state index is -3.45. The fourth-order valence-electron chi connectivity index (χ4n) is 3.85. The highest BCUT2D eigenvalue weighted by Gasteiger charge is 2.27. The van der Waals surface area contributed by atoms with Crippen LogP contribution in [0.15, 0.2) is 23.1 Å². The van der Waals surface area contributed by atoms with Crippen LogP contribution >= 0.6 is 11.3 Å². The third-order valence-electron chi connectivity index (χ3n) is 5.37. The number of sulfonamides is 1. The van der Waals surface area contributed by atoms with E-state index < -0.39 is 10.0 Å². The Morgan fingerprint density at radius 2 is 1.71 bits per heavy atom. The van der Waals surface area contributed by atoms with Crippen LogP contribution < -0.4 is 5.32 Å². The van der Waals surface area contributed by atoms with Crippen molar-refractivity contribution in [1.82, 2.24) is 14.2 Å². The number of amides is 1. The van der Waals surface area contributed by atoms with Gasteiger partial charge in [0.05, 0.1) is 21.7 Å². The van der Waals surface area contributed by atoms with Crippen LogP contribution in [-0.4, -0.2) is 61.2 Å². The first-order chi connectivity index (χ1) is 13.5. The lowest BCUT2D eigenvalue weighted by molar-refractivity contribution is -0.117. The molecule has 0 bridgehead atoms. The molecule has 4 rings (SSSR count). The molecule has 9 heteroatoms. The van der Waals surface area contributed by atoms with Crippen molar-refractivity contribution in [2.24, 2.45) is 0 Å². The number of rotatable bonds is 5. The molecule has 1 amide bonds. The third kappa shape index (κ3) is 4.37. The van der Waals surface area contributed by atoms with Gasteiger partial charge in [0.15, 0.2) is 5.13 Å². The number of nitrogens with one attached hydrogen (secondary N) is 1. The normalized spacial score (nSPS) is 19.7. The molecule has 2 aliphatic rings. The Morgan fingerprint density at radius 3 is 2.43 bits per heavy atom. The van der Waals surface area contributed by atoms with E-state index in [9.17, 15) is 13.2 Å². The van der Waals surface area contributed by atoms with E-state index in [0.29, 0.717) is 35.2 Å². The molecular weight excluding hydrogens is 396 g/mol. The molecule has 2 saturated heterocycles. The summed E-state index contributed by atoms with van der Waals surface area (Å²) in [4.78, 5) is 19.3. The number of carbonyl (C=O) groups is 1. The average molecular weight is 423 g/mol. The Morgan fingerprint density at radius 1 is 1.04 bits per heavy atom. The van der Waals surface area contributed by atoms with E-state index in [-0.39, 0.29) is 5.91 Å². The molecule has 0 atom stereocenters. The largest absolute Gasteiger partial charge is 0.301 e. The molecule has 7 nitrogen and oxygen atoms in total. The van der Waals surface area contributed by atoms with Gasteiger partial charge in [0.1, 0.15) is 0 Å². The molecule has 0 spiro atoms. The van der Waals surface area contributed by atoms with Crippen molar-refractivity contribution in [3.05, 3.63) is 18.2 Å². The summed E-state index contributed by atoms with van der Waals surface area (Å²) in [5.41, 5.74) is 0.704. The van der Waals surface area contributed by atoms with Crippen LogP contribution in [0.25, 0.3) is 10.2 Å². The summed E-state index contributed by atoms with van der Waals surface area (Å²) in [6, 6.07) is 5.00. The lowest BCUT2D eigenvalue weighted by atomic mass is 10.2. The van der Waals surface area contributed by atoms with E-state index >= 15 is 0 Å². The SMILES string of the molecule is O=C(CN1CCCCCC1)Nc1nc2ccc(S(=O)(=O)N3CCCC3)cc2s1. The number of fused-ring (bicyclic) bond motifs is 1. The van der Waals surface area contributed by atoms with Gasteiger partial charge < -0.3 is 5.32 Å². The average Bonchev–Trinajstić information content (AvgIpc) is 3.27. The van der Waals surface area contributed by atoms with Crippen molar-refractivity contribution in [2.45, 2.75) is 43.4 Å². The summed E-state index contributed by atoms with van der Waals surface area (Å²) in [6.45, 7) is 3.47. The summed E-state index contributed by atoms with van der Waals surface area (Å²) in [6.07, 6.45) is 6.58. The number of benzene rings is 1. The second kappa shape index (κ2) is 8.44. The first-order valence-corrected chi connectivity index (χ1v) is 12.2. The summed E-state index contributed by atoms with van der Waals surface area (Å²) in [5.74, 6) is -0.0640. The summed E-state index contributed by atoms with van der Waals surface area (Å²) >= 11 is 1.32. The highest BCUT2D eigenvalue weighted by atomic mass is 32.2. The third-order valence-corrected chi connectivity index (χ3v) is 8.20. The molecule has 1 aromatic heterocycles.